The maximum absolute atomic E-state index is 12.1. The zero-order valence-electron chi connectivity index (χ0n) is 9.44. The Labute approximate surface area is 95.6 Å². The van der Waals surface area contributed by atoms with E-state index >= 15 is 0 Å². The van der Waals surface area contributed by atoms with Crippen molar-refractivity contribution in [1.82, 2.24) is 0 Å². The predicted octanol–water partition coefficient (Wildman–Crippen LogP) is 2.65. The van der Waals surface area contributed by atoms with Gasteiger partial charge in [0.1, 0.15) is 0 Å². The molecule has 0 saturated heterocycles. The molecule has 16 heavy (non-hydrogen) atoms. The molecule has 0 spiro atoms. The largest absolute Gasteiger partial charge is 0.388 e. The van der Waals surface area contributed by atoms with Crippen molar-refractivity contribution in [3.8, 4) is 0 Å². The molecule has 2 rings (SSSR count). The van der Waals surface area contributed by atoms with E-state index in [2.05, 4.69) is 0 Å². The molecule has 0 fully saturated rings. The zero-order valence-corrected chi connectivity index (χ0v) is 9.44. The van der Waals surface area contributed by atoms with E-state index in [1.807, 2.05) is 31.2 Å². The molecule has 1 aliphatic carbocycles. The highest BCUT2D eigenvalue weighted by Crippen LogP contribution is 2.22. The fraction of sp³-hybridized carbons (Fsp3) is 0.357. The first kappa shape index (κ1) is 11.1. The molecule has 0 aliphatic heterocycles. The van der Waals surface area contributed by atoms with Crippen LogP contribution in [0.5, 0.6) is 0 Å². The second-order valence-electron chi connectivity index (χ2n) is 4.30. The number of benzene rings is 1. The first-order valence-electron chi connectivity index (χ1n) is 5.68. The van der Waals surface area contributed by atoms with Crippen LogP contribution < -0.4 is 0 Å². The lowest BCUT2D eigenvalue weighted by atomic mass is 9.90. The SMILES string of the molecule is Cc1cccc(C(=O)C2=CCCC[C@@H]2O)c1. The molecule has 0 bridgehead atoms. The molecule has 2 heteroatoms. The van der Waals surface area contributed by atoms with E-state index in [4.69, 9.17) is 0 Å². The van der Waals surface area contributed by atoms with Gasteiger partial charge in [-0.05, 0) is 32.3 Å². The number of hydrogen-bond donors (Lipinski definition) is 1. The van der Waals surface area contributed by atoms with Gasteiger partial charge in [-0.25, -0.2) is 0 Å². The Bertz CT molecular complexity index is 432. The number of aliphatic hydroxyl groups is 1. The normalized spacial score (nSPS) is 20.4. The molecular formula is C14H16O2. The number of aryl methyl sites for hydroxylation is 1. The molecule has 1 aromatic carbocycles. The molecule has 0 amide bonds. The van der Waals surface area contributed by atoms with Gasteiger partial charge in [-0.15, -0.1) is 0 Å². The molecule has 1 N–H and O–H groups in total. The van der Waals surface area contributed by atoms with Crippen LogP contribution in [0, 0.1) is 6.92 Å². The maximum atomic E-state index is 12.1. The minimum atomic E-state index is -0.582. The number of carbonyl (C=O) groups excluding carboxylic acids is 1. The van der Waals surface area contributed by atoms with Crippen LogP contribution >= 0.6 is 0 Å². The van der Waals surface area contributed by atoms with Crippen molar-refractivity contribution >= 4 is 5.78 Å². The third-order valence-electron chi connectivity index (χ3n) is 2.95. The predicted molar refractivity (Wildman–Crippen MR) is 63.5 cm³/mol. The third kappa shape index (κ3) is 2.22. The number of ketones is 1. The lowest BCUT2D eigenvalue weighted by Gasteiger charge is -2.18. The summed E-state index contributed by atoms with van der Waals surface area (Å²) in [4.78, 5) is 12.1. The molecule has 0 radical (unpaired) electrons. The van der Waals surface area contributed by atoms with Gasteiger partial charge >= 0.3 is 0 Å². The van der Waals surface area contributed by atoms with Crippen LogP contribution in [0.2, 0.25) is 0 Å². The van der Waals surface area contributed by atoms with Gasteiger partial charge in [0, 0.05) is 11.1 Å². The second-order valence-corrected chi connectivity index (χ2v) is 4.30. The van der Waals surface area contributed by atoms with Crippen molar-refractivity contribution in [2.75, 3.05) is 0 Å². The molecule has 1 aliphatic rings. The van der Waals surface area contributed by atoms with Gasteiger partial charge in [-0.3, -0.25) is 4.79 Å². The van der Waals surface area contributed by atoms with Gasteiger partial charge in [0.15, 0.2) is 5.78 Å². The van der Waals surface area contributed by atoms with Crippen LogP contribution in [0.3, 0.4) is 0 Å². The Hall–Kier alpha value is -1.41. The van der Waals surface area contributed by atoms with Gasteiger partial charge < -0.3 is 5.11 Å². The molecule has 1 aromatic rings. The molecule has 2 nitrogen and oxygen atoms in total. The summed E-state index contributed by atoms with van der Waals surface area (Å²) in [5, 5.41) is 9.78. The fourth-order valence-corrected chi connectivity index (χ4v) is 2.06. The molecule has 0 aromatic heterocycles. The minimum Gasteiger partial charge on any atom is -0.388 e. The number of hydrogen-bond acceptors (Lipinski definition) is 2. The van der Waals surface area contributed by atoms with Crippen LogP contribution in [0.15, 0.2) is 35.9 Å². The minimum absolute atomic E-state index is 0.0316. The molecule has 1 atom stereocenters. The van der Waals surface area contributed by atoms with E-state index in [1.54, 1.807) is 6.07 Å². The second kappa shape index (κ2) is 4.62. The quantitative estimate of drug-likeness (QED) is 0.772. The molecule has 0 unspecified atom stereocenters. The number of allylic oxidation sites excluding steroid dienone is 1. The van der Waals surface area contributed by atoms with Gasteiger partial charge in [0.2, 0.25) is 0 Å². The summed E-state index contributed by atoms with van der Waals surface area (Å²) >= 11 is 0. The van der Waals surface area contributed by atoms with Gasteiger partial charge in [0.05, 0.1) is 6.10 Å². The summed E-state index contributed by atoms with van der Waals surface area (Å²) in [5.74, 6) is -0.0316. The summed E-state index contributed by atoms with van der Waals surface area (Å²) in [6, 6.07) is 7.50. The van der Waals surface area contributed by atoms with Crippen molar-refractivity contribution in [2.45, 2.75) is 32.3 Å². The highest BCUT2D eigenvalue weighted by molar-refractivity contribution is 6.09. The Morgan fingerprint density at radius 2 is 2.25 bits per heavy atom. The Morgan fingerprint density at radius 1 is 1.44 bits per heavy atom. The van der Waals surface area contributed by atoms with Crippen molar-refractivity contribution < 1.29 is 9.90 Å². The Kier molecular flexibility index (Phi) is 3.20. The fourth-order valence-electron chi connectivity index (χ4n) is 2.06. The first-order valence-corrected chi connectivity index (χ1v) is 5.68. The summed E-state index contributed by atoms with van der Waals surface area (Å²) < 4.78 is 0. The van der Waals surface area contributed by atoms with Gasteiger partial charge in [-0.2, -0.15) is 0 Å². The van der Waals surface area contributed by atoms with E-state index < -0.39 is 6.10 Å². The molecule has 0 heterocycles. The smallest absolute Gasteiger partial charge is 0.191 e. The third-order valence-corrected chi connectivity index (χ3v) is 2.95. The first-order chi connectivity index (χ1) is 7.68. The van der Waals surface area contributed by atoms with Gasteiger partial charge in [-0.1, -0.05) is 29.8 Å². The average Bonchev–Trinajstić information content (AvgIpc) is 2.29. The molecule has 84 valence electrons. The van der Waals surface area contributed by atoms with Crippen molar-refractivity contribution in [2.24, 2.45) is 0 Å². The van der Waals surface area contributed by atoms with Crippen LogP contribution in [0.4, 0.5) is 0 Å². The standard InChI is InChI=1S/C14H16O2/c1-10-5-4-6-11(9-10)14(16)12-7-2-3-8-13(12)15/h4-7,9,13,15H,2-3,8H2,1H3/t13-/m0/s1. The van der Waals surface area contributed by atoms with E-state index in [1.165, 1.54) is 0 Å². The number of carbonyl (C=O) groups is 1. The van der Waals surface area contributed by atoms with Crippen LogP contribution in [0.1, 0.15) is 35.2 Å². The topological polar surface area (TPSA) is 37.3 Å². The number of aliphatic hydroxyl groups excluding tert-OH is 1. The summed E-state index contributed by atoms with van der Waals surface area (Å²) in [6.07, 6.45) is 3.85. The average molecular weight is 216 g/mol. The number of rotatable bonds is 2. The van der Waals surface area contributed by atoms with Gasteiger partial charge in [0.25, 0.3) is 0 Å². The highest BCUT2D eigenvalue weighted by atomic mass is 16.3. The zero-order chi connectivity index (χ0) is 11.5. The van der Waals surface area contributed by atoms with Crippen molar-refractivity contribution in [1.29, 1.82) is 0 Å². The van der Waals surface area contributed by atoms with E-state index in [9.17, 15) is 9.90 Å². The van der Waals surface area contributed by atoms with Crippen molar-refractivity contribution in [3.63, 3.8) is 0 Å². The van der Waals surface area contributed by atoms with E-state index in [-0.39, 0.29) is 5.78 Å². The summed E-state index contributed by atoms with van der Waals surface area (Å²) in [5.41, 5.74) is 2.31. The summed E-state index contributed by atoms with van der Waals surface area (Å²) in [7, 11) is 0. The molecule has 0 saturated carbocycles. The molecular weight excluding hydrogens is 200 g/mol. The van der Waals surface area contributed by atoms with Crippen molar-refractivity contribution in [3.05, 3.63) is 47.0 Å². The lowest BCUT2D eigenvalue weighted by Crippen LogP contribution is -2.21. The van der Waals surface area contributed by atoms with Crippen LogP contribution in [0.25, 0.3) is 0 Å². The highest BCUT2D eigenvalue weighted by Gasteiger charge is 2.22. The Balaban J connectivity index is 2.28. The lowest BCUT2D eigenvalue weighted by molar-refractivity contribution is 0.0975. The summed E-state index contributed by atoms with van der Waals surface area (Å²) in [6.45, 7) is 1.96. The monoisotopic (exact) mass is 216 g/mol. The van der Waals surface area contributed by atoms with E-state index in [0.717, 1.165) is 18.4 Å². The number of Topliss-reactive ketones (excluding diaryl/α,β-unsaturated/α-hetero) is 1. The van der Waals surface area contributed by atoms with Crippen LogP contribution in [-0.4, -0.2) is 17.0 Å². The Morgan fingerprint density at radius 3 is 2.94 bits per heavy atom. The maximum Gasteiger partial charge on any atom is 0.191 e. The van der Waals surface area contributed by atoms with Crippen LogP contribution in [-0.2, 0) is 0 Å². The van der Waals surface area contributed by atoms with E-state index in [0.29, 0.717) is 17.6 Å².